The highest BCUT2D eigenvalue weighted by Gasteiger charge is 2.15. The third-order valence-electron chi connectivity index (χ3n) is 4.12. The topological polar surface area (TPSA) is 29.9 Å². The van der Waals surface area contributed by atoms with E-state index in [4.69, 9.17) is 5.10 Å². The summed E-state index contributed by atoms with van der Waals surface area (Å²) in [5, 5.41) is 8.21. The number of nitrogens with one attached hydrogen (secondary N) is 1. The van der Waals surface area contributed by atoms with Crippen LogP contribution in [0.1, 0.15) is 61.1 Å². The predicted octanol–water partition coefficient (Wildman–Crippen LogP) is 4.37. The molecule has 2 aromatic heterocycles. The van der Waals surface area contributed by atoms with Gasteiger partial charge in [0, 0.05) is 28.4 Å². The average Bonchev–Trinajstić information content (AvgIpc) is 3.15. The van der Waals surface area contributed by atoms with Crippen molar-refractivity contribution in [3.05, 3.63) is 39.8 Å². The molecule has 1 N–H and O–H groups in total. The van der Waals surface area contributed by atoms with Gasteiger partial charge in [0.15, 0.2) is 0 Å². The Labute approximate surface area is 132 Å². The number of hydrogen-bond donors (Lipinski definition) is 1. The molecular weight excluding hydrogens is 278 g/mol. The molecule has 0 spiro atoms. The minimum absolute atomic E-state index is 0.361. The summed E-state index contributed by atoms with van der Waals surface area (Å²) in [5.41, 5.74) is 1.17. The maximum Gasteiger partial charge on any atom is 0.0644 e. The molecule has 0 fully saturated rings. The largest absolute Gasteiger partial charge is 0.312 e. The van der Waals surface area contributed by atoms with Crippen LogP contribution in [0.4, 0.5) is 0 Å². The number of likely N-dealkylation sites (N-methyl/N-ethyl adjacent to an activating group) is 1. The molecule has 0 bridgehead atoms. The second-order valence-electron chi connectivity index (χ2n) is 5.46. The average molecular weight is 305 g/mol. The van der Waals surface area contributed by atoms with E-state index in [0.717, 1.165) is 25.7 Å². The molecule has 0 saturated carbocycles. The number of rotatable bonds is 8. The fourth-order valence-electron chi connectivity index (χ4n) is 2.68. The molecule has 3 nitrogen and oxygen atoms in total. The Morgan fingerprint density at radius 2 is 1.95 bits per heavy atom. The van der Waals surface area contributed by atoms with Gasteiger partial charge in [0.05, 0.1) is 11.7 Å². The zero-order valence-electron chi connectivity index (χ0n) is 13.6. The lowest BCUT2D eigenvalue weighted by molar-refractivity contribution is 0.423. The molecule has 0 aliphatic carbocycles. The zero-order chi connectivity index (χ0) is 15.2. The molecule has 2 rings (SSSR count). The van der Waals surface area contributed by atoms with Crippen molar-refractivity contribution in [1.29, 1.82) is 0 Å². The van der Waals surface area contributed by atoms with Gasteiger partial charge in [-0.3, -0.25) is 4.68 Å². The van der Waals surface area contributed by atoms with Crippen molar-refractivity contribution in [2.24, 2.45) is 0 Å². The lowest BCUT2D eigenvalue weighted by Crippen LogP contribution is -2.18. The van der Waals surface area contributed by atoms with Gasteiger partial charge in [-0.15, -0.1) is 11.3 Å². The van der Waals surface area contributed by atoms with Crippen molar-refractivity contribution >= 4 is 11.3 Å². The molecule has 116 valence electrons. The van der Waals surface area contributed by atoms with Gasteiger partial charge >= 0.3 is 0 Å². The van der Waals surface area contributed by atoms with E-state index in [1.165, 1.54) is 15.4 Å². The van der Waals surface area contributed by atoms with Crippen LogP contribution in [0.25, 0.3) is 0 Å². The van der Waals surface area contributed by atoms with Gasteiger partial charge in [-0.1, -0.05) is 20.8 Å². The summed E-state index contributed by atoms with van der Waals surface area (Å²) in [7, 11) is 2.04. The van der Waals surface area contributed by atoms with Crippen LogP contribution in [0, 0.1) is 0 Å². The fraction of sp³-hybridized carbons (Fsp3) is 0.588. The summed E-state index contributed by atoms with van der Waals surface area (Å²) in [6.07, 6.45) is 6.47. The minimum Gasteiger partial charge on any atom is -0.312 e. The molecule has 0 aliphatic heterocycles. The molecule has 0 radical (unpaired) electrons. The van der Waals surface area contributed by atoms with Crippen molar-refractivity contribution in [3.63, 3.8) is 0 Å². The Kier molecular flexibility index (Phi) is 6.00. The Balaban J connectivity index is 2.08. The second-order valence-corrected chi connectivity index (χ2v) is 6.66. The van der Waals surface area contributed by atoms with E-state index in [1.807, 2.05) is 18.4 Å². The summed E-state index contributed by atoms with van der Waals surface area (Å²) in [4.78, 5) is 2.86. The Morgan fingerprint density at radius 3 is 2.52 bits per heavy atom. The van der Waals surface area contributed by atoms with Crippen LogP contribution in [0.5, 0.6) is 0 Å². The van der Waals surface area contributed by atoms with E-state index in [9.17, 15) is 0 Å². The highest BCUT2D eigenvalue weighted by atomic mass is 32.1. The lowest BCUT2D eigenvalue weighted by Gasteiger charge is -2.14. The maximum atomic E-state index is 4.77. The SMILES string of the molecule is CCc1ccc(C(Cc2ccn(C(CC)CC)n2)NC)s1. The standard InChI is InChI=1S/C17H27N3S/c1-5-14(6-2)20-11-10-13(19-20)12-16(18-4)17-9-8-15(7-3)21-17/h8-11,14,16,18H,5-7,12H2,1-4H3. The van der Waals surface area contributed by atoms with E-state index in [0.29, 0.717) is 12.1 Å². The van der Waals surface area contributed by atoms with Gasteiger partial charge in [-0.25, -0.2) is 0 Å². The van der Waals surface area contributed by atoms with Crippen molar-refractivity contribution in [1.82, 2.24) is 15.1 Å². The number of aryl methyl sites for hydroxylation is 1. The van der Waals surface area contributed by atoms with Gasteiger partial charge in [0.1, 0.15) is 0 Å². The second kappa shape index (κ2) is 7.76. The van der Waals surface area contributed by atoms with Crippen LogP contribution in [-0.4, -0.2) is 16.8 Å². The van der Waals surface area contributed by atoms with Crippen LogP contribution < -0.4 is 5.32 Å². The van der Waals surface area contributed by atoms with Crippen LogP contribution >= 0.6 is 11.3 Å². The number of hydrogen-bond acceptors (Lipinski definition) is 3. The van der Waals surface area contributed by atoms with Crippen molar-refractivity contribution in [2.75, 3.05) is 7.05 Å². The van der Waals surface area contributed by atoms with E-state index in [-0.39, 0.29) is 0 Å². The first-order valence-electron chi connectivity index (χ1n) is 8.01. The lowest BCUT2D eigenvalue weighted by atomic mass is 10.1. The van der Waals surface area contributed by atoms with Crippen LogP contribution in [0.3, 0.4) is 0 Å². The van der Waals surface area contributed by atoms with Crippen LogP contribution in [0.15, 0.2) is 24.4 Å². The Bertz CT molecular complexity index is 540. The van der Waals surface area contributed by atoms with Gasteiger partial charge in [-0.05, 0) is 44.5 Å². The molecule has 0 aliphatic rings. The predicted molar refractivity (Wildman–Crippen MR) is 91.0 cm³/mol. The van der Waals surface area contributed by atoms with Crippen molar-refractivity contribution in [2.45, 2.75) is 58.5 Å². The number of aromatic nitrogens is 2. The molecule has 0 amide bonds. The molecule has 0 aromatic carbocycles. The van der Waals surface area contributed by atoms with Gasteiger partial charge < -0.3 is 5.32 Å². The van der Waals surface area contributed by atoms with Crippen LogP contribution in [0.2, 0.25) is 0 Å². The van der Waals surface area contributed by atoms with E-state index in [1.54, 1.807) is 0 Å². The summed E-state index contributed by atoms with van der Waals surface area (Å²) >= 11 is 1.91. The smallest absolute Gasteiger partial charge is 0.0644 e. The Hall–Kier alpha value is -1.13. The summed E-state index contributed by atoms with van der Waals surface area (Å²) in [6, 6.07) is 7.55. The highest BCUT2D eigenvalue weighted by Crippen LogP contribution is 2.26. The summed E-state index contributed by atoms with van der Waals surface area (Å²) in [5.74, 6) is 0. The quantitative estimate of drug-likeness (QED) is 0.785. The molecular formula is C17H27N3S. The molecule has 21 heavy (non-hydrogen) atoms. The molecule has 2 heterocycles. The number of nitrogens with zero attached hydrogens (tertiary/aromatic N) is 2. The summed E-state index contributed by atoms with van der Waals surface area (Å²) < 4.78 is 2.13. The molecule has 0 saturated heterocycles. The summed E-state index contributed by atoms with van der Waals surface area (Å²) in [6.45, 7) is 6.66. The molecule has 1 atom stereocenters. The zero-order valence-corrected chi connectivity index (χ0v) is 14.4. The first-order valence-corrected chi connectivity index (χ1v) is 8.83. The van der Waals surface area contributed by atoms with Crippen molar-refractivity contribution in [3.8, 4) is 0 Å². The van der Waals surface area contributed by atoms with E-state index in [2.05, 4.69) is 55.2 Å². The monoisotopic (exact) mass is 305 g/mol. The van der Waals surface area contributed by atoms with Crippen LogP contribution in [-0.2, 0) is 12.8 Å². The molecule has 2 aromatic rings. The Morgan fingerprint density at radius 1 is 1.19 bits per heavy atom. The molecule has 4 heteroatoms. The van der Waals surface area contributed by atoms with E-state index >= 15 is 0 Å². The van der Waals surface area contributed by atoms with E-state index < -0.39 is 0 Å². The third-order valence-corrected chi connectivity index (χ3v) is 5.46. The van der Waals surface area contributed by atoms with Gasteiger partial charge in [0.25, 0.3) is 0 Å². The van der Waals surface area contributed by atoms with Gasteiger partial charge in [-0.2, -0.15) is 5.10 Å². The highest BCUT2D eigenvalue weighted by molar-refractivity contribution is 7.12. The third kappa shape index (κ3) is 3.95. The maximum absolute atomic E-state index is 4.77. The first kappa shape index (κ1) is 16.2. The van der Waals surface area contributed by atoms with Crippen molar-refractivity contribution < 1.29 is 0 Å². The minimum atomic E-state index is 0.361. The first-order chi connectivity index (χ1) is 10.2. The normalized spacial score (nSPS) is 13.0. The number of thiophene rings is 1. The molecule has 1 unspecified atom stereocenters. The van der Waals surface area contributed by atoms with Gasteiger partial charge in [0.2, 0.25) is 0 Å². The fourth-order valence-corrected chi connectivity index (χ4v) is 3.74.